The van der Waals surface area contributed by atoms with Crippen LogP contribution in [0.2, 0.25) is 0 Å². The summed E-state index contributed by atoms with van der Waals surface area (Å²) in [5.41, 5.74) is -0.0498. The van der Waals surface area contributed by atoms with Crippen molar-refractivity contribution >= 4 is 23.4 Å². The lowest BCUT2D eigenvalue weighted by atomic mass is 9.97. The largest absolute Gasteiger partial charge is 0.353 e. The molecule has 6 nitrogen and oxygen atoms in total. The Kier molecular flexibility index (Phi) is 6.64. The van der Waals surface area contributed by atoms with E-state index in [-0.39, 0.29) is 23.4 Å². The molecule has 0 saturated heterocycles. The number of nitrogens with zero attached hydrogens (tertiary/aromatic N) is 2. The van der Waals surface area contributed by atoms with Crippen LogP contribution in [0.15, 0.2) is 23.4 Å². The van der Waals surface area contributed by atoms with Gasteiger partial charge < -0.3 is 5.32 Å². The number of hydrogen-bond donors (Lipinski definition) is 1. The summed E-state index contributed by atoms with van der Waals surface area (Å²) in [6, 6.07) is 3.17. The van der Waals surface area contributed by atoms with Crippen LogP contribution in [0.4, 0.5) is 5.69 Å². The number of rotatable bonds is 5. The predicted octanol–water partition coefficient (Wildman–Crippen LogP) is 3.31. The van der Waals surface area contributed by atoms with E-state index in [1.54, 1.807) is 0 Å². The Hall–Kier alpha value is -1.63. The number of nitrogens with one attached hydrogen (secondary N) is 1. The maximum Gasteiger partial charge on any atom is 0.301 e. The van der Waals surface area contributed by atoms with Crippen LogP contribution in [0, 0.1) is 10.1 Å². The number of nitro groups is 1. The van der Waals surface area contributed by atoms with Gasteiger partial charge in [-0.15, -0.1) is 0 Å². The van der Waals surface area contributed by atoms with E-state index in [0.29, 0.717) is 5.03 Å². The molecule has 1 aromatic rings. The zero-order valence-electron chi connectivity index (χ0n) is 12.5. The highest BCUT2D eigenvalue weighted by Gasteiger charge is 2.18. The number of hydrogen-bond acceptors (Lipinski definition) is 5. The molecule has 0 bridgehead atoms. The van der Waals surface area contributed by atoms with Crippen molar-refractivity contribution in [2.75, 3.05) is 5.75 Å². The lowest BCUT2D eigenvalue weighted by molar-refractivity contribution is -0.388. The molecule has 22 heavy (non-hydrogen) atoms. The number of thioether (sulfide) groups is 1. The van der Waals surface area contributed by atoms with Crippen LogP contribution in [0.5, 0.6) is 0 Å². The average molecular weight is 323 g/mol. The Morgan fingerprint density at radius 3 is 2.68 bits per heavy atom. The first-order valence-electron chi connectivity index (χ1n) is 7.68. The van der Waals surface area contributed by atoms with Gasteiger partial charge in [0.05, 0.1) is 10.7 Å². The fourth-order valence-corrected chi connectivity index (χ4v) is 3.41. The quantitative estimate of drug-likeness (QED) is 0.510. The van der Waals surface area contributed by atoms with E-state index in [4.69, 9.17) is 0 Å². The van der Waals surface area contributed by atoms with Gasteiger partial charge in [0.25, 0.3) is 0 Å². The summed E-state index contributed by atoms with van der Waals surface area (Å²) >= 11 is 1.12. The topological polar surface area (TPSA) is 85.1 Å². The fraction of sp³-hybridized carbons (Fsp3) is 0.600. The predicted molar refractivity (Wildman–Crippen MR) is 85.9 cm³/mol. The minimum atomic E-state index is -0.470. The SMILES string of the molecule is O=C(CSc1ncccc1[N+](=O)[O-])NC1CCCCCCC1. The van der Waals surface area contributed by atoms with Crippen LogP contribution in [-0.2, 0) is 4.79 Å². The van der Waals surface area contributed by atoms with Gasteiger partial charge in [-0.25, -0.2) is 4.98 Å². The van der Waals surface area contributed by atoms with Crippen LogP contribution in [-0.4, -0.2) is 27.6 Å². The molecule has 7 heteroatoms. The molecule has 0 unspecified atom stereocenters. The van der Waals surface area contributed by atoms with E-state index >= 15 is 0 Å². The molecule has 0 spiro atoms. The summed E-state index contributed by atoms with van der Waals surface area (Å²) in [4.78, 5) is 26.5. The van der Waals surface area contributed by atoms with E-state index in [0.717, 1.165) is 37.4 Å². The van der Waals surface area contributed by atoms with E-state index in [2.05, 4.69) is 10.3 Å². The van der Waals surface area contributed by atoms with Crippen LogP contribution in [0.3, 0.4) is 0 Å². The minimum absolute atomic E-state index is 0.0498. The maximum atomic E-state index is 12.0. The molecular formula is C15H21N3O3S. The molecule has 1 fully saturated rings. The number of amides is 1. The molecule has 0 radical (unpaired) electrons. The van der Waals surface area contributed by atoms with Gasteiger partial charge in [0, 0.05) is 18.3 Å². The number of pyridine rings is 1. The Morgan fingerprint density at radius 2 is 2.00 bits per heavy atom. The van der Waals surface area contributed by atoms with Crippen molar-refractivity contribution in [3.8, 4) is 0 Å². The monoisotopic (exact) mass is 323 g/mol. The number of carbonyl (C=O) groups is 1. The average Bonchev–Trinajstić information content (AvgIpc) is 2.48. The van der Waals surface area contributed by atoms with Crippen molar-refractivity contribution < 1.29 is 9.72 Å². The van der Waals surface area contributed by atoms with Gasteiger partial charge in [0.2, 0.25) is 5.91 Å². The van der Waals surface area contributed by atoms with Crippen molar-refractivity contribution in [1.82, 2.24) is 10.3 Å². The van der Waals surface area contributed by atoms with Gasteiger partial charge in [-0.1, -0.05) is 43.9 Å². The van der Waals surface area contributed by atoms with Crippen LogP contribution >= 0.6 is 11.8 Å². The highest BCUT2D eigenvalue weighted by Crippen LogP contribution is 2.26. The molecule has 120 valence electrons. The van der Waals surface area contributed by atoms with E-state index in [1.807, 2.05) is 0 Å². The minimum Gasteiger partial charge on any atom is -0.353 e. The molecule has 2 rings (SSSR count). The summed E-state index contributed by atoms with van der Waals surface area (Å²) in [5.74, 6) is 0.0875. The Labute approximate surface area is 134 Å². The highest BCUT2D eigenvalue weighted by molar-refractivity contribution is 8.00. The van der Waals surface area contributed by atoms with Crippen molar-refractivity contribution in [1.29, 1.82) is 0 Å². The standard InChI is InChI=1S/C15H21N3O3S/c19-14(17-12-7-4-2-1-3-5-8-12)11-22-15-13(18(20)21)9-6-10-16-15/h6,9-10,12H,1-5,7-8,11H2,(H,17,19). The van der Waals surface area contributed by atoms with Crippen molar-refractivity contribution in [2.24, 2.45) is 0 Å². The fourth-order valence-electron chi connectivity index (χ4n) is 2.64. The van der Waals surface area contributed by atoms with Crippen LogP contribution < -0.4 is 5.32 Å². The third-order valence-electron chi connectivity index (χ3n) is 3.76. The van der Waals surface area contributed by atoms with Gasteiger partial charge in [-0.3, -0.25) is 14.9 Å². The normalized spacial score (nSPS) is 16.5. The molecule has 1 saturated carbocycles. The first-order valence-corrected chi connectivity index (χ1v) is 8.67. The summed E-state index contributed by atoms with van der Waals surface area (Å²) in [7, 11) is 0. The lowest BCUT2D eigenvalue weighted by Gasteiger charge is -2.20. The van der Waals surface area contributed by atoms with Crippen LogP contribution in [0.25, 0.3) is 0 Å². The second kappa shape index (κ2) is 8.73. The zero-order valence-corrected chi connectivity index (χ0v) is 13.3. The molecule has 1 aromatic heterocycles. The van der Waals surface area contributed by atoms with E-state index in [1.165, 1.54) is 37.6 Å². The molecular weight excluding hydrogens is 302 g/mol. The summed E-state index contributed by atoms with van der Waals surface area (Å²) in [6.45, 7) is 0. The molecule has 1 aliphatic carbocycles. The molecule has 1 aliphatic rings. The third kappa shape index (κ3) is 5.29. The van der Waals surface area contributed by atoms with E-state index in [9.17, 15) is 14.9 Å². The first-order chi connectivity index (χ1) is 10.7. The van der Waals surface area contributed by atoms with Crippen molar-refractivity contribution in [3.05, 3.63) is 28.4 Å². The van der Waals surface area contributed by atoms with E-state index < -0.39 is 4.92 Å². The Bertz CT molecular complexity index is 517. The Balaban J connectivity index is 1.83. The summed E-state index contributed by atoms with van der Waals surface area (Å²) < 4.78 is 0. The maximum absolute atomic E-state index is 12.0. The summed E-state index contributed by atoms with van der Waals surface area (Å²) in [5, 5.41) is 14.2. The van der Waals surface area contributed by atoms with Gasteiger partial charge in [0.1, 0.15) is 0 Å². The number of carbonyl (C=O) groups excluding carboxylic acids is 1. The highest BCUT2D eigenvalue weighted by atomic mass is 32.2. The van der Waals surface area contributed by atoms with Gasteiger partial charge in [0.15, 0.2) is 5.03 Å². The Morgan fingerprint density at radius 1 is 1.32 bits per heavy atom. The number of aromatic nitrogens is 1. The first kappa shape index (κ1) is 16.7. The molecule has 1 N–H and O–H groups in total. The summed E-state index contributed by atoms with van der Waals surface area (Å²) in [6.07, 6.45) is 9.64. The molecule has 0 aromatic carbocycles. The van der Waals surface area contributed by atoms with Gasteiger partial charge >= 0.3 is 5.69 Å². The van der Waals surface area contributed by atoms with Gasteiger partial charge in [-0.05, 0) is 18.9 Å². The van der Waals surface area contributed by atoms with Crippen LogP contribution in [0.1, 0.15) is 44.9 Å². The third-order valence-corrected chi connectivity index (χ3v) is 4.75. The molecule has 1 amide bonds. The van der Waals surface area contributed by atoms with Crippen molar-refractivity contribution in [3.63, 3.8) is 0 Å². The lowest BCUT2D eigenvalue weighted by Crippen LogP contribution is -2.36. The zero-order chi connectivity index (χ0) is 15.8. The molecule has 0 aliphatic heterocycles. The smallest absolute Gasteiger partial charge is 0.301 e. The van der Waals surface area contributed by atoms with Gasteiger partial charge in [-0.2, -0.15) is 0 Å². The second-order valence-electron chi connectivity index (χ2n) is 5.48. The molecule has 0 atom stereocenters. The van der Waals surface area contributed by atoms with Crippen molar-refractivity contribution in [2.45, 2.75) is 56.0 Å². The second-order valence-corrected chi connectivity index (χ2v) is 6.45. The molecule has 1 heterocycles.